The fourth-order valence-electron chi connectivity index (χ4n) is 1.77. The zero-order chi connectivity index (χ0) is 15.9. The van der Waals surface area contributed by atoms with Crippen LogP contribution in [-0.4, -0.2) is 0 Å². The Morgan fingerprint density at radius 2 is 1.29 bits per heavy atom. The lowest BCUT2D eigenvalue weighted by Crippen LogP contribution is -2.19. The molecule has 8 heteroatoms. The number of rotatable bonds is 2. The summed E-state index contributed by atoms with van der Waals surface area (Å²) in [6.45, 7) is 0. The van der Waals surface area contributed by atoms with Gasteiger partial charge in [-0.1, -0.05) is 6.07 Å². The van der Waals surface area contributed by atoms with Crippen molar-refractivity contribution < 1.29 is 26.3 Å². The van der Waals surface area contributed by atoms with Crippen molar-refractivity contribution in [2.24, 2.45) is 5.73 Å². The molecule has 2 rings (SSSR count). The molecule has 1 unspecified atom stereocenters. The Bertz CT molecular complexity index is 689. The van der Waals surface area contributed by atoms with Gasteiger partial charge in [0.2, 0.25) is 5.82 Å². The molecule has 0 aliphatic rings. The van der Waals surface area contributed by atoms with Crippen LogP contribution < -0.4 is 5.73 Å². The van der Waals surface area contributed by atoms with E-state index in [4.69, 9.17) is 5.73 Å². The lowest BCUT2D eigenvalue weighted by Gasteiger charge is -2.16. The smallest absolute Gasteiger partial charge is 0.200 e. The average molecular weight is 370 g/mol. The maximum absolute atomic E-state index is 13.6. The summed E-state index contributed by atoms with van der Waals surface area (Å²) in [6.07, 6.45) is 0. The Morgan fingerprint density at radius 3 is 1.76 bits per heavy atom. The molecule has 0 amide bonds. The minimum absolute atomic E-state index is 0.0218. The summed E-state index contributed by atoms with van der Waals surface area (Å²) < 4.78 is 79.5. The van der Waals surface area contributed by atoms with Gasteiger partial charge in [0.25, 0.3) is 0 Å². The van der Waals surface area contributed by atoms with E-state index in [2.05, 4.69) is 15.9 Å². The Kier molecular flexibility index (Phi) is 4.29. The van der Waals surface area contributed by atoms with Crippen molar-refractivity contribution in [3.8, 4) is 0 Å². The third kappa shape index (κ3) is 2.65. The first-order valence-corrected chi connectivity index (χ1v) is 6.26. The third-order valence-electron chi connectivity index (χ3n) is 2.86. The van der Waals surface area contributed by atoms with Crippen LogP contribution in [0.4, 0.5) is 26.3 Å². The van der Waals surface area contributed by atoms with Gasteiger partial charge in [-0.05, 0) is 33.6 Å². The normalized spacial score (nSPS) is 12.6. The summed E-state index contributed by atoms with van der Waals surface area (Å²) in [6, 6.07) is 1.48. The standard InChI is InChI=1S/C13H6BrF6N/c14-5-3-4(1-2-6(5)15)13(21)7-8(16)10(18)12(20)11(19)9(7)17/h1-3,13H,21H2. The second-order valence-electron chi connectivity index (χ2n) is 4.13. The monoisotopic (exact) mass is 369 g/mol. The molecule has 112 valence electrons. The second kappa shape index (κ2) is 5.69. The van der Waals surface area contributed by atoms with E-state index in [0.29, 0.717) is 0 Å². The van der Waals surface area contributed by atoms with Crippen LogP contribution in [0.5, 0.6) is 0 Å². The molecule has 0 spiro atoms. The zero-order valence-corrected chi connectivity index (χ0v) is 11.6. The molecule has 0 saturated carbocycles. The van der Waals surface area contributed by atoms with Gasteiger partial charge < -0.3 is 5.73 Å². The molecule has 0 heterocycles. The average Bonchev–Trinajstić information content (AvgIpc) is 2.46. The van der Waals surface area contributed by atoms with Crippen LogP contribution in [0.3, 0.4) is 0 Å². The summed E-state index contributed by atoms with van der Waals surface area (Å²) in [5, 5.41) is 0. The number of halogens is 7. The van der Waals surface area contributed by atoms with E-state index >= 15 is 0 Å². The quantitative estimate of drug-likeness (QED) is 0.475. The van der Waals surface area contributed by atoms with Crippen molar-refractivity contribution in [2.45, 2.75) is 6.04 Å². The minimum Gasteiger partial charge on any atom is -0.320 e. The van der Waals surface area contributed by atoms with Gasteiger partial charge in [-0.3, -0.25) is 0 Å². The molecule has 2 N–H and O–H groups in total. The molecule has 21 heavy (non-hydrogen) atoms. The summed E-state index contributed by atoms with van der Waals surface area (Å²) >= 11 is 2.84. The first-order chi connectivity index (χ1) is 9.75. The molecule has 1 atom stereocenters. The second-order valence-corrected chi connectivity index (χ2v) is 4.99. The van der Waals surface area contributed by atoms with Crippen molar-refractivity contribution in [1.29, 1.82) is 0 Å². The van der Waals surface area contributed by atoms with Gasteiger partial charge in [0.1, 0.15) is 5.82 Å². The van der Waals surface area contributed by atoms with Crippen molar-refractivity contribution >= 4 is 15.9 Å². The minimum atomic E-state index is -2.26. The van der Waals surface area contributed by atoms with Crippen molar-refractivity contribution in [3.63, 3.8) is 0 Å². The summed E-state index contributed by atoms with van der Waals surface area (Å²) in [5.41, 5.74) is 4.35. The van der Waals surface area contributed by atoms with Crippen LogP contribution >= 0.6 is 15.9 Å². The Labute approximate surface area is 123 Å². The van der Waals surface area contributed by atoms with Gasteiger partial charge in [-0.25, -0.2) is 26.3 Å². The Morgan fingerprint density at radius 1 is 0.810 bits per heavy atom. The molecule has 2 aromatic carbocycles. The maximum Gasteiger partial charge on any atom is 0.200 e. The van der Waals surface area contributed by atoms with E-state index in [9.17, 15) is 26.3 Å². The van der Waals surface area contributed by atoms with Crippen LogP contribution in [-0.2, 0) is 0 Å². The van der Waals surface area contributed by atoms with E-state index in [1.807, 2.05) is 0 Å². The number of hydrogen-bond donors (Lipinski definition) is 1. The van der Waals surface area contributed by atoms with E-state index in [-0.39, 0.29) is 10.0 Å². The predicted molar refractivity (Wildman–Crippen MR) is 66.4 cm³/mol. The molecule has 0 aliphatic heterocycles. The molecule has 0 bridgehead atoms. The Hall–Kier alpha value is -1.54. The fraction of sp³-hybridized carbons (Fsp3) is 0.0769. The SMILES string of the molecule is NC(c1ccc(F)c(Br)c1)c1c(F)c(F)c(F)c(F)c1F. The highest BCUT2D eigenvalue weighted by atomic mass is 79.9. The fourth-order valence-corrected chi connectivity index (χ4v) is 2.16. The molecular formula is C13H6BrF6N. The lowest BCUT2D eigenvalue weighted by atomic mass is 9.98. The largest absolute Gasteiger partial charge is 0.320 e. The van der Waals surface area contributed by atoms with Crippen LogP contribution in [0, 0.1) is 34.9 Å². The van der Waals surface area contributed by atoms with Gasteiger partial charge in [0, 0.05) is 0 Å². The van der Waals surface area contributed by atoms with Crippen LogP contribution in [0.1, 0.15) is 17.2 Å². The summed E-state index contributed by atoms with van der Waals surface area (Å²) in [5.74, 6) is -11.1. The predicted octanol–water partition coefficient (Wildman–Crippen LogP) is 4.33. The van der Waals surface area contributed by atoms with Gasteiger partial charge >= 0.3 is 0 Å². The van der Waals surface area contributed by atoms with E-state index in [1.165, 1.54) is 0 Å². The molecule has 1 nitrogen and oxygen atoms in total. The van der Waals surface area contributed by atoms with Crippen molar-refractivity contribution in [1.82, 2.24) is 0 Å². The first kappa shape index (κ1) is 15.8. The lowest BCUT2D eigenvalue weighted by molar-refractivity contribution is 0.367. The topological polar surface area (TPSA) is 26.0 Å². The van der Waals surface area contributed by atoms with Gasteiger partial charge in [-0.2, -0.15) is 0 Å². The summed E-state index contributed by atoms with van der Waals surface area (Å²) in [4.78, 5) is 0. The third-order valence-corrected chi connectivity index (χ3v) is 3.47. The van der Waals surface area contributed by atoms with Crippen LogP contribution in [0.15, 0.2) is 22.7 Å². The highest BCUT2D eigenvalue weighted by Crippen LogP contribution is 2.31. The number of benzene rings is 2. The first-order valence-electron chi connectivity index (χ1n) is 5.47. The van der Waals surface area contributed by atoms with Crippen molar-refractivity contribution in [2.75, 3.05) is 0 Å². The molecular weight excluding hydrogens is 364 g/mol. The Balaban J connectivity index is 2.63. The van der Waals surface area contributed by atoms with Crippen LogP contribution in [0.2, 0.25) is 0 Å². The molecule has 0 saturated heterocycles. The van der Waals surface area contributed by atoms with E-state index in [0.717, 1.165) is 18.2 Å². The molecule has 0 aliphatic carbocycles. The van der Waals surface area contributed by atoms with E-state index in [1.54, 1.807) is 0 Å². The van der Waals surface area contributed by atoms with E-state index < -0.39 is 46.5 Å². The molecule has 0 aromatic heterocycles. The van der Waals surface area contributed by atoms with Crippen molar-refractivity contribution in [3.05, 3.63) is 68.7 Å². The van der Waals surface area contributed by atoms with Gasteiger partial charge in [0.05, 0.1) is 16.1 Å². The highest BCUT2D eigenvalue weighted by molar-refractivity contribution is 9.10. The molecule has 0 fully saturated rings. The number of nitrogens with two attached hydrogens (primary N) is 1. The highest BCUT2D eigenvalue weighted by Gasteiger charge is 2.29. The number of hydrogen-bond acceptors (Lipinski definition) is 1. The van der Waals surface area contributed by atoms with Crippen LogP contribution in [0.25, 0.3) is 0 Å². The van der Waals surface area contributed by atoms with Gasteiger partial charge in [-0.15, -0.1) is 0 Å². The van der Waals surface area contributed by atoms with Gasteiger partial charge in [0.15, 0.2) is 23.3 Å². The molecule has 0 radical (unpaired) electrons. The zero-order valence-electron chi connectivity index (χ0n) is 10.0. The summed E-state index contributed by atoms with van der Waals surface area (Å²) in [7, 11) is 0. The molecule has 2 aromatic rings. The maximum atomic E-state index is 13.6.